The highest BCUT2D eigenvalue weighted by molar-refractivity contribution is 5.47. The molecule has 3 heterocycles. The highest BCUT2D eigenvalue weighted by Crippen LogP contribution is 2.32. The number of likely N-dealkylation sites (tertiary alicyclic amines) is 1. The maximum atomic E-state index is 13.2. The Morgan fingerprint density at radius 1 is 1.40 bits per heavy atom. The van der Waals surface area contributed by atoms with E-state index in [0.717, 1.165) is 25.3 Å². The second-order valence-corrected chi connectivity index (χ2v) is 5.98. The van der Waals surface area contributed by atoms with Gasteiger partial charge in [0, 0.05) is 24.7 Å². The summed E-state index contributed by atoms with van der Waals surface area (Å²) in [6.07, 6.45) is 4.86. The average molecular weight is 279 g/mol. The molecule has 2 aliphatic heterocycles. The van der Waals surface area contributed by atoms with Crippen LogP contribution in [0.3, 0.4) is 0 Å². The van der Waals surface area contributed by atoms with Crippen molar-refractivity contribution >= 4 is 5.82 Å². The van der Waals surface area contributed by atoms with Crippen LogP contribution < -0.4 is 4.90 Å². The van der Waals surface area contributed by atoms with Crippen LogP contribution >= 0.6 is 0 Å². The molecule has 1 aromatic rings. The van der Waals surface area contributed by atoms with Crippen molar-refractivity contribution < 1.29 is 9.50 Å². The molecule has 0 radical (unpaired) electrons. The molecule has 2 atom stereocenters. The lowest BCUT2D eigenvalue weighted by molar-refractivity contribution is 0.102. The zero-order chi connectivity index (χ0) is 14.1. The van der Waals surface area contributed by atoms with Gasteiger partial charge in [-0.25, -0.2) is 9.37 Å². The number of aliphatic hydroxyl groups excluding tert-OH is 1. The third-order valence-electron chi connectivity index (χ3n) is 4.73. The van der Waals surface area contributed by atoms with Gasteiger partial charge >= 0.3 is 0 Å². The lowest BCUT2D eigenvalue weighted by Gasteiger charge is -2.46. The average Bonchev–Trinajstić information content (AvgIpc) is 2.47. The van der Waals surface area contributed by atoms with E-state index in [0.29, 0.717) is 17.5 Å². The first-order valence-corrected chi connectivity index (χ1v) is 7.39. The highest BCUT2D eigenvalue weighted by Gasteiger charge is 2.35. The monoisotopic (exact) mass is 279 g/mol. The van der Waals surface area contributed by atoms with Crippen LogP contribution in [0.2, 0.25) is 0 Å². The van der Waals surface area contributed by atoms with Gasteiger partial charge in [0.1, 0.15) is 11.6 Å². The highest BCUT2D eigenvalue weighted by atomic mass is 19.1. The number of aliphatic hydroxyl groups is 1. The van der Waals surface area contributed by atoms with Crippen LogP contribution in [0.4, 0.5) is 10.2 Å². The number of fused-ring (bicyclic) bond motifs is 1. The number of aromatic nitrogens is 1. The Kier molecular flexibility index (Phi) is 3.89. The zero-order valence-electron chi connectivity index (χ0n) is 11.9. The lowest BCUT2D eigenvalue weighted by Crippen LogP contribution is -2.53. The van der Waals surface area contributed by atoms with E-state index in [2.05, 4.69) is 21.8 Å². The second kappa shape index (κ2) is 5.66. The first kappa shape index (κ1) is 13.8. The van der Waals surface area contributed by atoms with E-state index in [1.54, 1.807) is 0 Å². The number of nitrogens with zero attached hydrogens (tertiary/aromatic N) is 3. The number of rotatable bonds is 2. The van der Waals surface area contributed by atoms with Crippen molar-refractivity contribution in [2.45, 2.75) is 31.9 Å². The molecule has 20 heavy (non-hydrogen) atoms. The fourth-order valence-corrected chi connectivity index (χ4v) is 3.72. The predicted octanol–water partition coefficient (Wildman–Crippen LogP) is 1.63. The molecule has 2 fully saturated rings. The maximum absolute atomic E-state index is 13.2. The Bertz CT molecular complexity index is 482. The van der Waals surface area contributed by atoms with E-state index in [4.69, 9.17) is 0 Å². The quantitative estimate of drug-likeness (QED) is 0.893. The fourth-order valence-electron chi connectivity index (χ4n) is 3.72. The molecular weight excluding hydrogens is 257 g/mol. The summed E-state index contributed by atoms with van der Waals surface area (Å²) in [7, 11) is 2.21. The van der Waals surface area contributed by atoms with Gasteiger partial charge in [0.25, 0.3) is 0 Å². The minimum Gasteiger partial charge on any atom is -0.392 e. The molecule has 2 unspecified atom stereocenters. The molecule has 0 aromatic carbocycles. The first-order chi connectivity index (χ1) is 9.69. The Morgan fingerprint density at radius 2 is 2.25 bits per heavy atom. The molecule has 5 heteroatoms. The van der Waals surface area contributed by atoms with Gasteiger partial charge in [0.2, 0.25) is 0 Å². The topological polar surface area (TPSA) is 39.6 Å². The van der Waals surface area contributed by atoms with Gasteiger partial charge in [0.05, 0.1) is 12.8 Å². The molecule has 2 saturated heterocycles. The molecule has 2 aliphatic rings. The molecule has 0 aliphatic carbocycles. The zero-order valence-corrected chi connectivity index (χ0v) is 11.9. The summed E-state index contributed by atoms with van der Waals surface area (Å²) < 4.78 is 13.2. The van der Waals surface area contributed by atoms with E-state index >= 15 is 0 Å². The molecule has 1 N–H and O–H groups in total. The Hall–Kier alpha value is -1.20. The van der Waals surface area contributed by atoms with Crippen molar-refractivity contribution in [3.63, 3.8) is 0 Å². The van der Waals surface area contributed by atoms with E-state index in [-0.39, 0.29) is 12.4 Å². The third kappa shape index (κ3) is 2.52. The van der Waals surface area contributed by atoms with Crippen LogP contribution in [0.1, 0.15) is 24.8 Å². The molecule has 0 bridgehead atoms. The molecular formula is C15H22FN3O. The van der Waals surface area contributed by atoms with Crippen LogP contribution in [0, 0.1) is 11.7 Å². The molecule has 1 aromatic heterocycles. The fraction of sp³-hybridized carbons (Fsp3) is 0.667. The Balaban J connectivity index is 1.79. The number of pyridine rings is 1. The smallest absolute Gasteiger partial charge is 0.142 e. The summed E-state index contributed by atoms with van der Waals surface area (Å²) in [5.74, 6) is 1.02. The van der Waals surface area contributed by atoms with Gasteiger partial charge in [-0.1, -0.05) is 0 Å². The largest absolute Gasteiger partial charge is 0.392 e. The molecule has 3 rings (SSSR count). The van der Waals surface area contributed by atoms with Gasteiger partial charge in [-0.15, -0.1) is 0 Å². The van der Waals surface area contributed by atoms with Crippen molar-refractivity contribution in [3.05, 3.63) is 23.6 Å². The number of anilines is 1. The molecule has 0 spiro atoms. The summed E-state index contributed by atoms with van der Waals surface area (Å²) >= 11 is 0. The van der Waals surface area contributed by atoms with E-state index in [9.17, 15) is 9.50 Å². The Morgan fingerprint density at radius 3 is 3.05 bits per heavy atom. The van der Waals surface area contributed by atoms with Crippen LogP contribution in [-0.2, 0) is 6.61 Å². The number of hydrogen-bond acceptors (Lipinski definition) is 4. The summed E-state index contributed by atoms with van der Waals surface area (Å²) in [5.41, 5.74) is 0.590. The van der Waals surface area contributed by atoms with Crippen LogP contribution in [-0.4, -0.2) is 47.7 Å². The van der Waals surface area contributed by atoms with Gasteiger partial charge in [-0.05, 0) is 44.8 Å². The standard InChI is InChI=1S/C15H22FN3O/c1-18-5-2-3-11-9-19(6-4-14(11)18)15-12(10-20)7-13(16)8-17-15/h7-8,11,14,20H,2-6,9-10H2,1H3. The Labute approximate surface area is 119 Å². The van der Waals surface area contributed by atoms with Crippen molar-refractivity contribution in [2.24, 2.45) is 5.92 Å². The second-order valence-electron chi connectivity index (χ2n) is 5.98. The van der Waals surface area contributed by atoms with Gasteiger partial charge in [-0.2, -0.15) is 0 Å². The molecule has 4 nitrogen and oxygen atoms in total. The number of piperidine rings is 2. The van der Waals surface area contributed by atoms with Crippen molar-refractivity contribution in [1.29, 1.82) is 0 Å². The van der Waals surface area contributed by atoms with Crippen LogP contribution in [0.5, 0.6) is 0 Å². The molecule has 0 saturated carbocycles. The van der Waals surface area contributed by atoms with E-state index in [1.807, 2.05) is 0 Å². The molecule has 110 valence electrons. The lowest BCUT2D eigenvalue weighted by atomic mass is 9.84. The summed E-state index contributed by atoms with van der Waals surface area (Å²) in [6, 6.07) is 2.06. The number of halogens is 1. The summed E-state index contributed by atoms with van der Waals surface area (Å²) in [5, 5.41) is 9.41. The predicted molar refractivity (Wildman–Crippen MR) is 76.1 cm³/mol. The van der Waals surface area contributed by atoms with Gasteiger partial charge in [-0.3, -0.25) is 0 Å². The SMILES string of the molecule is CN1CCCC2CN(c3ncc(F)cc3CO)CCC21. The van der Waals surface area contributed by atoms with Crippen LogP contribution in [0.25, 0.3) is 0 Å². The molecule has 0 amide bonds. The summed E-state index contributed by atoms with van der Waals surface area (Å²) in [6.45, 7) is 2.92. The van der Waals surface area contributed by atoms with E-state index < -0.39 is 0 Å². The van der Waals surface area contributed by atoms with Crippen molar-refractivity contribution in [1.82, 2.24) is 9.88 Å². The maximum Gasteiger partial charge on any atom is 0.142 e. The first-order valence-electron chi connectivity index (χ1n) is 7.39. The van der Waals surface area contributed by atoms with Crippen molar-refractivity contribution in [2.75, 3.05) is 31.6 Å². The van der Waals surface area contributed by atoms with E-state index in [1.165, 1.54) is 31.6 Å². The minimum atomic E-state index is -0.384. The third-order valence-corrected chi connectivity index (χ3v) is 4.73. The summed E-state index contributed by atoms with van der Waals surface area (Å²) in [4.78, 5) is 8.89. The van der Waals surface area contributed by atoms with Crippen LogP contribution in [0.15, 0.2) is 12.3 Å². The normalized spacial score (nSPS) is 27.4. The number of hydrogen-bond donors (Lipinski definition) is 1. The minimum absolute atomic E-state index is 0.162. The van der Waals surface area contributed by atoms with Gasteiger partial charge in [0.15, 0.2) is 0 Å². The van der Waals surface area contributed by atoms with Gasteiger partial charge < -0.3 is 14.9 Å². The van der Waals surface area contributed by atoms with Crippen molar-refractivity contribution in [3.8, 4) is 0 Å².